The predicted octanol–water partition coefficient (Wildman–Crippen LogP) is 1.62. The van der Waals surface area contributed by atoms with E-state index in [-0.39, 0.29) is 12.3 Å². The van der Waals surface area contributed by atoms with E-state index in [1.807, 2.05) is 42.2 Å². The van der Waals surface area contributed by atoms with Crippen LogP contribution in [0.3, 0.4) is 0 Å². The maximum atomic E-state index is 12.4. The van der Waals surface area contributed by atoms with Crippen molar-refractivity contribution in [2.24, 2.45) is 0 Å². The lowest BCUT2D eigenvalue weighted by Crippen LogP contribution is -2.49. The second kappa shape index (κ2) is 7.06. The van der Waals surface area contributed by atoms with Gasteiger partial charge in [-0.15, -0.1) is 0 Å². The van der Waals surface area contributed by atoms with E-state index in [9.17, 15) is 9.90 Å². The summed E-state index contributed by atoms with van der Waals surface area (Å²) in [6, 6.07) is 9.31. The third-order valence-electron chi connectivity index (χ3n) is 3.97. The van der Waals surface area contributed by atoms with E-state index >= 15 is 0 Å². The molecular weight excluding hydrogens is 312 g/mol. The smallest absolute Gasteiger partial charge is 0.225 e. The Hall–Kier alpha value is -1.99. The normalized spacial score (nSPS) is 16.4. The summed E-state index contributed by atoms with van der Waals surface area (Å²) in [5.74, 6) is 0.781. The molecule has 6 nitrogen and oxygen atoms in total. The summed E-state index contributed by atoms with van der Waals surface area (Å²) in [7, 11) is 0. The number of aliphatic hydroxyl groups excluding tert-OH is 1. The van der Waals surface area contributed by atoms with Gasteiger partial charge in [0.1, 0.15) is 5.82 Å². The number of hydrogen-bond donors (Lipinski definition) is 1. The highest BCUT2D eigenvalue weighted by molar-refractivity contribution is 7.09. The lowest BCUT2D eigenvalue weighted by molar-refractivity contribution is -0.133. The van der Waals surface area contributed by atoms with E-state index in [0.717, 1.165) is 29.6 Å². The van der Waals surface area contributed by atoms with E-state index in [0.29, 0.717) is 13.1 Å². The lowest BCUT2D eigenvalue weighted by atomic mass is 10.1. The van der Waals surface area contributed by atoms with Crippen molar-refractivity contribution in [3.05, 3.63) is 41.7 Å². The van der Waals surface area contributed by atoms with Crippen molar-refractivity contribution in [1.29, 1.82) is 0 Å². The van der Waals surface area contributed by atoms with Gasteiger partial charge in [0.2, 0.25) is 11.0 Å². The molecule has 2 heterocycles. The van der Waals surface area contributed by atoms with Crippen LogP contribution in [0, 0.1) is 6.92 Å². The zero-order valence-corrected chi connectivity index (χ0v) is 13.9. The van der Waals surface area contributed by atoms with Crippen LogP contribution in [0.4, 0.5) is 5.13 Å². The molecule has 0 aliphatic carbocycles. The molecule has 0 saturated carbocycles. The Morgan fingerprint density at radius 3 is 2.57 bits per heavy atom. The second-order valence-corrected chi connectivity index (χ2v) is 6.35. The van der Waals surface area contributed by atoms with Crippen molar-refractivity contribution in [2.45, 2.75) is 19.4 Å². The number of carbonyl (C=O) groups excluding carboxylic acids is 1. The quantitative estimate of drug-likeness (QED) is 0.921. The summed E-state index contributed by atoms with van der Waals surface area (Å²) in [4.78, 5) is 20.7. The highest BCUT2D eigenvalue weighted by atomic mass is 32.1. The van der Waals surface area contributed by atoms with Gasteiger partial charge in [0, 0.05) is 37.7 Å². The van der Waals surface area contributed by atoms with Crippen LogP contribution >= 0.6 is 11.5 Å². The van der Waals surface area contributed by atoms with Crippen molar-refractivity contribution in [3.8, 4) is 0 Å². The van der Waals surface area contributed by atoms with Gasteiger partial charge in [0.25, 0.3) is 0 Å². The highest BCUT2D eigenvalue weighted by Crippen LogP contribution is 2.21. The van der Waals surface area contributed by atoms with Gasteiger partial charge in [-0.05, 0) is 12.5 Å². The molecule has 1 N–H and O–H groups in total. The largest absolute Gasteiger partial charge is 0.388 e. The first-order valence-corrected chi connectivity index (χ1v) is 8.47. The van der Waals surface area contributed by atoms with Crippen molar-refractivity contribution >= 4 is 22.6 Å². The van der Waals surface area contributed by atoms with Crippen molar-refractivity contribution in [3.63, 3.8) is 0 Å². The molecule has 1 atom stereocenters. The monoisotopic (exact) mass is 332 g/mol. The number of carbonyl (C=O) groups is 1. The minimum Gasteiger partial charge on any atom is -0.388 e. The molecule has 1 aromatic heterocycles. The number of anilines is 1. The van der Waals surface area contributed by atoms with Crippen LogP contribution < -0.4 is 4.90 Å². The average molecular weight is 332 g/mol. The molecule has 1 aliphatic rings. The van der Waals surface area contributed by atoms with Crippen molar-refractivity contribution in [2.75, 3.05) is 31.1 Å². The Balaban J connectivity index is 1.52. The number of hydrogen-bond acceptors (Lipinski definition) is 6. The molecule has 122 valence electrons. The Labute approximate surface area is 139 Å². The molecule has 1 amide bonds. The summed E-state index contributed by atoms with van der Waals surface area (Å²) >= 11 is 1.39. The number of aryl methyl sites for hydroxylation is 1. The lowest BCUT2D eigenvalue weighted by Gasteiger charge is -2.34. The Morgan fingerprint density at radius 2 is 1.96 bits per heavy atom. The number of amides is 1. The van der Waals surface area contributed by atoms with E-state index in [2.05, 4.69) is 14.3 Å². The number of aliphatic hydroxyl groups is 1. The fourth-order valence-electron chi connectivity index (χ4n) is 2.65. The van der Waals surface area contributed by atoms with Crippen LogP contribution in [-0.2, 0) is 4.79 Å². The molecule has 1 saturated heterocycles. The summed E-state index contributed by atoms with van der Waals surface area (Å²) in [5.41, 5.74) is 0.781. The minimum absolute atomic E-state index is 0.00514. The molecule has 2 aromatic rings. The first-order chi connectivity index (χ1) is 11.1. The average Bonchev–Trinajstić information content (AvgIpc) is 3.02. The van der Waals surface area contributed by atoms with Crippen molar-refractivity contribution < 1.29 is 9.90 Å². The molecule has 1 unspecified atom stereocenters. The maximum Gasteiger partial charge on any atom is 0.225 e. The molecule has 1 aromatic carbocycles. The molecular formula is C16H20N4O2S. The van der Waals surface area contributed by atoms with Crippen LogP contribution in [0.15, 0.2) is 30.3 Å². The zero-order chi connectivity index (χ0) is 16.2. The second-order valence-electron chi connectivity index (χ2n) is 5.62. The Kier molecular flexibility index (Phi) is 4.88. The summed E-state index contributed by atoms with van der Waals surface area (Å²) in [6.07, 6.45) is -0.616. The fraction of sp³-hybridized carbons (Fsp3) is 0.438. The van der Waals surface area contributed by atoms with Gasteiger partial charge in [-0.2, -0.15) is 4.37 Å². The van der Waals surface area contributed by atoms with Gasteiger partial charge >= 0.3 is 0 Å². The Morgan fingerprint density at radius 1 is 1.26 bits per heavy atom. The van der Waals surface area contributed by atoms with Gasteiger partial charge in [0.05, 0.1) is 12.5 Å². The maximum absolute atomic E-state index is 12.4. The summed E-state index contributed by atoms with van der Waals surface area (Å²) in [6.45, 7) is 4.69. The number of benzene rings is 1. The zero-order valence-electron chi connectivity index (χ0n) is 13.1. The molecule has 0 radical (unpaired) electrons. The van der Waals surface area contributed by atoms with Gasteiger partial charge in [-0.1, -0.05) is 30.3 Å². The van der Waals surface area contributed by atoms with E-state index in [1.165, 1.54) is 11.5 Å². The molecule has 23 heavy (non-hydrogen) atoms. The first kappa shape index (κ1) is 15.9. The fourth-order valence-corrected chi connectivity index (χ4v) is 3.37. The van der Waals surface area contributed by atoms with E-state index in [4.69, 9.17) is 0 Å². The van der Waals surface area contributed by atoms with Crippen LogP contribution in [0.2, 0.25) is 0 Å². The third-order valence-corrected chi connectivity index (χ3v) is 4.84. The number of aromatic nitrogens is 2. The van der Waals surface area contributed by atoms with Crippen LogP contribution in [0.25, 0.3) is 0 Å². The van der Waals surface area contributed by atoms with Gasteiger partial charge in [-0.3, -0.25) is 4.79 Å². The summed E-state index contributed by atoms with van der Waals surface area (Å²) in [5, 5.41) is 11.1. The molecule has 7 heteroatoms. The predicted molar refractivity (Wildman–Crippen MR) is 89.5 cm³/mol. The molecule has 3 rings (SSSR count). The van der Waals surface area contributed by atoms with E-state index < -0.39 is 6.10 Å². The molecule has 1 fully saturated rings. The van der Waals surface area contributed by atoms with Gasteiger partial charge in [0.15, 0.2) is 0 Å². The van der Waals surface area contributed by atoms with Gasteiger partial charge in [-0.25, -0.2) is 4.98 Å². The number of rotatable bonds is 4. The molecule has 0 spiro atoms. The highest BCUT2D eigenvalue weighted by Gasteiger charge is 2.24. The SMILES string of the molecule is Cc1nsc(N2CCN(C(=O)CC(O)c3ccccc3)CC2)n1. The van der Waals surface area contributed by atoms with Crippen LogP contribution in [-0.4, -0.2) is 51.5 Å². The minimum atomic E-state index is -0.743. The Bertz CT molecular complexity index is 653. The molecule has 1 aliphatic heterocycles. The molecule has 0 bridgehead atoms. The number of piperazine rings is 1. The standard InChI is InChI=1S/C16H20N4O2S/c1-12-17-16(23-18-12)20-9-7-19(8-10-20)15(22)11-14(21)13-5-3-2-4-6-13/h2-6,14,21H,7-11H2,1H3. The van der Waals surface area contributed by atoms with Crippen molar-refractivity contribution in [1.82, 2.24) is 14.3 Å². The van der Waals surface area contributed by atoms with Gasteiger partial charge < -0.3 is 14.9 Å². The number of nitrogens with zero attached hydrogens (tertiary/aromatic N) is 4. The topological polar surface area (TPSA) is 69.6 Å². The van der Waals surface area contributed by atoms with Crippen LogP contribution in [0.1, 0.15) is 23.9 Å². The first-order valence-electron chi connectivity index (χ1n) is 7.69. The van der Waals surface area contributed by atoms with E-state index in [1.54, 1.807) is 0 Å². The van der Waals surface area contributed by atoms with Crippen LogP contribution in [0.5, 0.6) is 0 Å². The summed E-state index contributed by atoms with van der Waals surface area (Å²) < 4.78 is 4.19. The third kappa shape index (κ3) is 3.86.